The molecule has 144 valence electrons. The molecule has 2 amide bonds. The van der Waals surface area contributed by atoms with Crippen molar-refractivity contribution < 1.29 is 19.2 Å². The summed E-state index contributed by atoms with van der Waals surface area (Å²) in [4.78, 5) is 28.2. The molecule has 2 N–H and O–H groups in total. The van der Waals surface area contributed by atoms with Gasteiger partial charge in [-0.1, -0.05) is 6.07 Å². The summed E-state index contributed by atoms with van der Waals surface area (Å²) in [6.07, 6.45) is 3.28. The summed E-state index contributed by atoms with van der Waals surface area (Å²) < 4.78 is 5.17. The van der Waals surface area contributed by atoms with Crippen LogP contribution in [0.15, 0.2) is 24.3 Å². The molecule has 1 saturated heterocycles. The van der Waals surface area contributed by atoms with Crippen molar-refractivity contribution in [2.24, 2.45) is 0 Å². The highest BCUT2D eigenvalue weighted by atomic mass is 16.5. The van der Waals surface area contributed by atoms with E-state index in [4.69, 9.17) is 4.74 Å². The third-order valence-corrected chi connectivity index (χ3v) is 5.35. The topological polar surface area (TPSA) is 63.1 Å². The minimum absolute atomic E-state index is 0.116. The van der Waals surface area contributed by atoms with Crippen molar-refractivity contribution >= 4 is 17.5 Å². The summed E-state index contributed by atoms with van der Waals surface area (Å²) in [7, 11) is 3.49. The SMILES string of the molecule is COc1cccc(NC(=O)C[NH+](C)[C@H](C)C(=O)N2[C@@H](C)CCC[C@@H]2C)c1. The molecule has 1 aromatic carbocycles. The van der Waals surface area contributed by atoms with Crippen molar-refractivity contribution in [2.75, 3.05) is 26.0 Å². The van der Waals surface area contributed by atoms with Gasteiger partial charge in [-0.05, 0) is 52.2 Å². The van der Waals surface area contributed by atoms with Crippen LogP contribution in [0.25, 0.3) is 0 Å². The third-order valence-electron chi connectivity index (χ3n) is 5.35. The number of carbonyl (C=O) groups is 2. The number of hydrogen-bond acceptors (Lipinski definition) is 3. The predicted octanol–water partition coefficient (Wildman–Crippen LogP) is 1.33. The first-order valence-electron chi connectivity index (χ1n) is 9.41. The van der Waals surface area contributed by atoms with E-state index in [0.29, 0.717) is 11.4 Å². The van der Waals surface area contributed by atoms with Gasteiger partial charge in [-0.15, -0.1) is 0 Å². The van der Waals surface area contributed by atoms with E-state index in [9.17, 15) is 9.59 Å². The molecule has 1 heterocycles. The molecular weight excluding hydrogens is 330 g/mol. The molecule has 0 bridgehead atoms. The lowest BCUT2D eigenvalue weighted by molar-refractivity contribution is -0.886. The Labute approximate surface area is 156 Å². The van der Waals surface area contributed by atoms with Crippen LogP contribution in [0.3, 0.4) is 0 Å². The lowest BCUT2D eigenvalue weighted by atomic mass is 9.96. The highest BCUT2D eigenvalue weighted by Crippen LogP contribution is 2.23. The number of piperidine rings is 1. The monoisotopic (exact) mass is 362 g/mol. The molecule has 0 aromatic heterocycles. The second kappa shape index (κ2) is 9.03. The Bertz CT molecular complexity index is 624. The van der Waals surface area contributed by atoms with Gasteiger partial charge in [0, 0.05) is 23.8 Å². The fourth-order valence-electron chi connectivity index (χ4n) is 3.60. The highest BCUT2D eigenvalue weighted by Gasteiger charge is 2.35. The number of rotatable bonds is 6. The van der Waals surface area contributed by atoms with Crippen molar-refractivity contribution in [1.29, 1.82) is 0 Å². The van der Waals surface area contributed by atoms with E-state index in [1.54, 1.807) is 13.2 Å². The molecule has 6 heteroatoms. The van der Waals surface area contributed by atoms with E-state index in [0.717, 1.165) is 17.7 Å². The molecule has 4 atom stereocenters. The van der Waals surface area contributed by atoms with Gasteiger partial charge in [0.05, 0.1) is 14.2 Å². The largest absolute Gasteiger partial charge is 0.497 e. The quantitative estimate of drug-likeness (QED) is 0.802. The van der Waals surface area contributed by atoms with E-state index in [1.165, 1.54) is 6.42 Å². The smallest absolute Gasteiger partial charge is 0.281 e. The molecule has 0 spiro atoms. The van der Waals surface area contributed by atoms with Crippen LogP contribution in [0.5, 0.6) is 5.75 Å². The van der Waals surface area contributed by atoms with Crippen LogP contribution < -0.4 is 15.0 Å². The summed E-state index contributed by atoms with van der Waals surface area (Å²) in [5.74, 6) is 0.714. The van der Waals surface area contributed by atoms with Crippen LogP contribution in [0.2, 0.25) is 0 Å². The average Bonchev–Trinajstić information content (AvgIpc) is 2.60. The Kier molecular flexibility index (Phi) is 7.03. The van der Waals surface area contributed by atoms with Crippen molar-refractivity contribution in [3.63, 3.8) is 0 Å². The number of nitrogens with zero attached hydrogens (tertiary/aromatic N) is 1. The van der Waals surface area contributed by atoms with Gasteiger partial charge in [0.1, 0.15) is 5.75 Å². The number of anilines is 1. The van der Waals surface area contributed by atoms with Crippen molar-refractivity contribution in [2.45, 2.75) is 58.2 Å². The van der Waals surface area contributed by atoms with Crippen LogP contribution in [-0.4, -0.2) is 55.5 Å². The molecule has 0 saturated carbocycles. The Morgan fingerprint density at radius 3 is 2.58 bits per heavy atom. The number of amides is 2. The minimum Gasteiger partial charge on any atom is -0.497 e. The van der Waals surface area contributed by atoms with E-state index < -0.39 is 0 Å². The number of nitrogens with one attached hydrogen (secondary N) is 2. The molecule has 2 rings (SSSR count). The highest BCUT2D eigenvalue weighted by molar-refractivity contribution is 5.91. The first-order chi connectivity index (χ1) is 12.3. The Hall–Kier alpha value is -2.08. The van der Waals surface area contributed by atoms with E-state index in [2.05, 4.69) is 19.2 Å². The van der Waals surface area contributed by atoms with Gasteiger partial charge >= 0.3 is 0 Å². The standard InChI is InChI=1S/C20H31N3O3/c1-14-8-6-9-15(2)23(14)20(25)16(3)22(4)13-19(24)21-17-10-7-11-18(12-17)26-5/h7,10-12,14-16H,6,8-9,13H2,1-5H3,(H,21,24)/p+1/t14-,15-,16+/m0/s1. The number of ether oxygens (including phenoxy) is 1. The minimum atomic E-state index is -0.256. The Balaban J connectivity index is 1.93. The van der Waals surface area contributed by atoms with Crippen LogP contribution in [0.1, 0.15) is 40.0 Å². The number of carbonyl (C=O) groups excluding carboxylic acids is 2. The zero-order chi connectivity index (χ0) is 19.3. The maximum Gasteiger partial charge on any atom is 0.281 e. The van der Waals surface area contributed by atoms with Crippen LogP contribution in [0, 0.1) is 0 Å². The van der Waals surface area contributed by atoms with Gasteiger partial charge in [-0.3, -0.25) is 9.59 Å². The number of likely N-dealkylation sites (tertiary alicyclic amines) is 1. The molecule has 1 aliphatic rings. The lowest BCUT2D eigenvalue weighted by Gasteiger charge is -2.40. The number of benzene rings is 1. The zero-order valence-electron chi connectivity index (χ0n) is 16.5. The molecule has 0 aliphatic carbocycles. The summed E-state index contributed by atoms with van der Waals surface area (Å²) in [5, 5.41) is 2.87. The number of methoxy groups -OCH3 is 1. The second-order valence-corrected chi connectivity index (χ2v) is 7.40. The van der Waals surface area contributed by atoms with Gasteiger partial charge in [0.15, 0.2) is 12.6 Å². The molecule has 26 heavy (non-hydrogen) atoms. The molecule has 1 aliphatic heterocycles. The van der Waals surface area contributed by atoms with E-state index in [-0.39, 0.29) is 36.5 Å². The van der Waals surface area contributed by atoms with Crippen LogP contribution in [-0.2, 0) is 9.59 Å². The average molecular weight is 362 g/mol. The predicted molar refractivity (Wildman–Crippen MR) is 102 cm³/mol. The summed E-state index contributed by atoms with van der Waals surface area (Å²) >= 11 is 0. The number of quaternary nitrogens is 1. The molecular formula is C20H32N3O3+. The first kappa shape index (κ1) is 20.2. The van der Waals surface area contributed by atoms with Crippen molar-refractivity contribution in [1.82, 2.24) is 4.90 Å². The molecule has 6 nitrogen and oxygen atoms in total. The maximum absolute atomic E-state index is 12.9. The molecule has 0 radical (unpaired) electrons. The second-order valence-electron chi connectivity index (χ2n) is 7.40. The van der Waals surface area contributed by atoms with E-state index >= 15 is 0 Å². The zero-order valence-corrected chi connectivity index (χ0v) is 16.5. The van der Waals surface area contributed by atoms with Gasteiger partial charge in [0.25, 0.3) is 11.8 Å². The lowest BCUT2D eigenvalue weighted by Crippen LogP contribution is -3.15. The van der Waals surface area contributed by atoms with Gasteiger partial charge < -0.3 is 19.9 Å². The number of likely N-dealkylation sites (N-methyl/N-ethyl adjacent to an activating group) is 1. The third kappa shape index (κ3) is 4.97. The van der Waals surface area contributed by atoms with Crippen molar-refractivity contribution in [3.05, 3.63) is 24.3 Å². The normalized spacial score (nSPS) is 22.4. The van der Waals surface area contributed by atoms with E-state index in [1.807, 2.05) is 37.1 Å². The number of hydrogen-bond donors (Lipinski definition) is 2. The summed E-state index contributed by atoms with van der Waals surface area (Å²) in [6.45, 7) is 6.38. The van der Waals surface area contributed by atoms with Gasteiger partial charge in [0.2, 0.25) is 0 Å². The Morgan fingerprint density at radius 1 is 1.31 bits per heavy atom. The Morgan fingerprint density at radius 2 is 1.96 bits per heavy atom. The molecule has 1 unspecified atom stereocenters. The fraction of sp³-hybridized carbons (Fsp3) is 0.600. The van der Waals surface area contributed by atoms with Gasteiger partial charge in [-0.2, -0.15) is 0 Å². The van der Waals surface area contributed by atoms with Gasteiger partial charge in [-0.25, -0.2) is 0 Å². The van der Waals surface area contributed by atoms with Crippen molar-refractivity contribution in [3.8, 4) is 5.75 Å². The van der Waals surface area contributed by atoms with Crippen LogP contribution in [0.4, 0.5) is 5.69 Å². The molecule has 1 aromatic rings. The summed E-state index contributed by atoms with van der Waals surface area (Å²) in [5.41, 5.74) is 0.694. The van der Waals surface area contributed by atoms with Crippen LogP contribution >= 0.6 is 0 Å². The summed E-state index contributed by atoms with van der Waals surface area (Å²) in [6, 6.07) is 7.54. The molecule has 1 fully saturated rings. The maximum atomic E-state index is 12.9. The first-order valence-corrected chi connectivity index (χ1v) is 9.41. The fourth-order valence-corrected chi connectivity index (χ4v) is 3.60.